The summed E-state index contributed by atoms with van der Waals surface area (Å²) >= 11 is 0. The minimum Gasteiger partial charge on any atom is -0.496 e. The van der Waals surface area contributed by atoms with E-state index in [1.807, 2.05) is 0 Å². The zero-order valence-corrected chi connectivity index (χ0v) is 17.7. The Morgan fingerprint density at radius 2 is 1.82 bits per heavy atom. The minimum atomic E-state index is -3.37. The van der Waals surface area contributed by atoms with Crippen molar-refractivity contribution < 1.29 is 32.0 Å². The third-order valence-corrected chi connectivity index (χ3v) is 4.81. The highest BCUT2D eigenvalue weighted by atomic mass is 19.3. The van der Waals surface area contributed by atoms with Gasteiger partial charge in [0.05, 0.1) is 30.9 Å². The van der Waals surface area contributed by atoms with Crippen molar-refractivity contribution in [2.24, 2.45) is 0 Å². The van der Waals surface area contributed by atoms with Crippen LogP contribution in [0.25, 0.3) is 28.2 Å². The molecule has 33 heavy (non-hydrogen) atoms. The van der Waals surface area contributed by atoms with E-state index in [0.717, 1.165) is 0 Å². The van der Waals surface area contributed by atoms with Crippen LogP contribution >= 0.6 is 0 Å². The van der Waals surface area contributed by atoms with Gasteiger partial charge in [0.15, 0.2) is 5.82 Å². The molecule has 0 aliphatic rings. The monoisotopic (exact) mass is 461 g/mol. The lowest BCUT2D eigenvalue weighted by Gasteiger charge is -2.17. The van der Waals surface area contributed by atoms with E-state index in [2.05, 4.69) is 15.1 Å². The third-order valence-electron chi connectivity index (χ3n) is 4.81. The van der Waals surface area contributed by atoms with Gasteiger partial charge in [0.2, 0.25) is 6.30 Å². The van der Waals surface area contributed by atoms with Crippen LogP contribution in [0.3, 0.4) is 0 Å². The first-order chi connectivity index (χ1) is 15.8. The average Bonchev–Trinajstić information content (AvgIpc) is 3.43. The van der Waals surface area contributed by atoms with Crippen molar-refractivity contribution in [3.05, 3.63) is 48.0 Å². The molecule has 4 rings (SSSR count). The van der Waals surface area contributed by atoms with Crippen LogP contribution in [-0.4, -0.2) is 52.5 Å². The molecule has 0 aliphatic heterocycles. The first kappa shape index (κ1) is 22.1. The normalized spacial score (nSPS) is 12.2. The van der Waals surface area contributed by atoms with Gasteiger partial charge < -0.3 is 19.3 Å². The number of hydrogen-bond donors (Lipinski definition) is 1. The lowest BCUT2D eigenvalue weighted by molar-refractivity contribution is 0.0285. The summed E-state index contributed by atoms with van der Waals surface area (Å²) in [5.41, 5.74) is 2.31. The molecule has 9 nitrogen and oxygen atoms in total. The number of imidazole rings is 1. The molecule has 1 atom stereocenters. The van der Waals surface area contributed by atoms with Crippen molar-refractivity contribution in [1.82, 2.24) is 25.0 Å². The van der Waals surface area contributed by atoms with Gasteiger partial charge in [0, 0.05) is 17.7 Å². The molecule has 1 unspecified atom stereocenters. The second kappa shape index (κ2) is 8.81. The number of aryl methyl sites for hydroxylation is 1. The number of fused-ring (bicyclic) bond motifs is 1. The van der Waals surface area contributed by atoms with Crippen molar-refractivity contribution >= 4 is 16.9 Å². The summed E-state index contributed by atoms with van der Waals surface area (Å²) in [4.78, 5) is 21.0. The van der Waals surface area contributed by atoms with Crippen molar-refractivity contribution in [1.29, 1.82) is 0 Å². The highest BCUT2D eigenvalue weighted by Gasteiger charge is 2.27. The quantitative estimate of drug-likeness (QED) is 0.419. The molecule has 0 spiro atoms. The van der Waals surface area contributed by atoms with Crippen LogP contribution < -0.4 is 14.8 Å². The molecule has 0 saturated heterocycles. The standard InChI is InChI=1S/C21H18F3N5O4/c1-10-26-21(33-28-10)11-4-5-14-13(6-11)25-9-29(14)12-7-15(31-2)17(16(8-12)32-3)20(30)27-19(24)18(22)23/h4-9,18-19H,1-3H3,(H,27,30). The molecule has 2 aromatic heterocycles. The molecular weight excluding hydrogens is 443 g/mol. The van der Waals surface area contributed by atoms with Crippen molar-refractivity contribution in [3.8, 4) is 28.6 Å². The van der Waals surface area contributed by atoms with Gasteiger partial charge in [-0.3, -0.25) is 9.36 Å². The topological polar surface area (TPSA) is 104 Å². The Bertz CT molecular complexity index is 1300. The van der Waals surface area contributed by atoms with Crippen LogP contribution in [-0.2, 0) is 0 Å². The SMILES string of the molecule is COc1cc(-n2cnc3cc(-c4nc(C)no4)ccc32)cc(OC)c1C(=O)NC(F)C(F)F. The predicted octanol–water partition coefficient (Wildman–Crippen LogP) is 3.69. The zero-order chi connectivity index (χ0) is 23.7. The van der Waals surface area contributed by atoms with E-state index in [-0.39, 0.29) is 17.1 Å². The fourth-order valence-corrected chi connectivity index (χ4v) is 3.29. The molecular formula is C21H18F3N5O4. The lowest BCUT2D eigenvalue weighted by atomic mass is 10.1. The molecule has 0 fully saturated rings. The highest BCUT2D eigenvalue weighted by Crippen LogP contribution is 2.34. The number of nitrogens with one attached hydrogen (secondary N) is 1. The number of ether oxygens (including phenoxy) is 2. The number of hydrogen-bond acceptors (Lipinski definition) is 7. The van der Waals surface area contributed by atoms with Gasteiger partial charge in [-0.25, -0.2) is 18.2 Å². The Morgan fingerprint density at radius 1 is 1.12 bits per heavy atom. The first-order valence-corrected chi connectivity index (χ1v) is 9.59. The maximum Gasteiger partial charge on any atom is 0.287 e. The lowest BCUT2D eigenvalue weighted by Crippen LogP contribution is -2.36. The maximum atomic E-state index is 13.4. The van der Waals surface area contributed by atoms with Crippen molar-refractivity contribution in [2.75, 3.05) is 14.2 Å². The van der Waals surface area contributed by atoms with Crippen LogP contribution in [0.5, 0.6) is 11.5 Å². The molecule has 12 heteroatoms. The second-order valence-electron chi connectivity index (χ2n) is 6.90. The summed E-state index contributed by atoms with van der Waals surface area (Å²) in [5.74, 6) is -0.228. The van der Waals surface area contributed by atoms with Gasteiger partial charge in [-0.1, -0.05) is 5.16 Å². The summed E-state index contributed by atoms with van der Waals surface area (Å²) in [6.07, 6.45) is -4.65. The third kappa shape index (κ3) is 4.19. The largest absolute Gasteiger partial charge is 0.496 e. The number of aromatic nitrogens is 4. The maximum absolute atomic E-state index is 13.4. The molecule has 4 aromatic rings. The summed E-state index contributed by atoms with van der Waals surface area (Å²) < 4.78 is 55.9. The van der Waals surface area contributed by atoms with Gasteiger partial charge in [-0.05, 0) is 25.1 Å². The number of amides is 1. The Balaban J connectivity index is 1.75. The molecule has 1 N–H and O–H groups in total. The number of benzene rings is 2. The Hall–Kier alpha value is -4.09. The summed E-state index contributed by atoms with van der Waals surface area (Å²) in [6.45, 7) is 1.71. The van der Waals surface area contributed by atoms with Crippen molar-refractivity contribution in [2.45, 2.75) is 19.6 Å². The fraction of sp³-hybridized carbons (Fsp3) is 0.238. The fourth-order valence-electron chi connectivity index (χ4n) is 3.29. The van der Waals surface area contributed by atoms with Crippen molar-refractivity contribution in [3.63, 3.8) is 0 Å². The summed E-state index contributed by atoms with van der Waals surface area (Å²) in [6, 6.07) is 8.34. The van der Waals surface area contributed by atoms with Gasteiger partial charge in [-0.15, -0.1) is 0 Å². The Labute approximate surface area is 185 Å². The zero-order valence-electron chi connectivity index (χ0n) is 17.7. The summed E-state index contributed by atoms with van der Waals surface area (Å²) in [7, 11) is 2.58. The van der Waals surface area contributed by atoms with Gasteiger partial charge in [-0.2, -0.15) is 4.98 Å². The van der Waals surface area contributed by atoms with Gasteiger partial charge in [0.25, 0.3) is 18.2 Å². The van der Waals surface area contributed by atoms with Crippen LogP contribution in [0.1, 0.15) is 16.2 Å². The second-order valence-corrected chi connectivity index (χ2v) is 6.90. The molecule has 2 heterocycles. The Kier molecular flexibility index (Phi) is 5.90. The van der Waals surface area contributed by atoms with Crippen LogP contribution in [0.4, 0.5) is 13.2 Å². The van der Waals surface area contributed by atoms with Crippen LogP contribution in [0.15, 0.2) is 41.2 Å². The number of halogens is 3. The number of methoxy groups -OCH3 is 2. The highest BCUT2D eigenvalue weighted by molar-refractivity contribution is 6.00. The van der Waals surface area contributed by atoms with E-state index in [1.54, 1.807) is 41.3 Å². The van der Waals surface area contributed by atoms with E-state index in [9.17, 15) is 18.0 Å². The number of rotatable bonds is 7. The van der Waals surface area contributed by atoms with E-state index < -0.39 is 18.6 Å². The molecule has 172 valence electrons. The first-order valence-electron chi connectivity index (χ1n) is 9.59. The molecule has 2 aromatic carbocycles. The Morgan fingerprint density at radius 3 is 2.39 bits per heavy atom. The van der Waals surface area contributed by atoms with E-state index in [1.165, 1.54) is 26.4 Å². The van der Waals surface area contributed by atoms with Crippen LogP contribution in [0, 0.1) is 6.92 Å². The van der Waals surface area contributed by atoms with Gasteiger partial charge in [0.1, 0.15) is 23.4 Å². The number of nitrogens with zero attached hydrogens (tertiary/aromatic N) is 4. The molecule has 0 aliphatic carbocycles. The van der Waals surface area contributed by atoms with Gasteiger partial charge >= 0.3 is 0 Å². The number of alkyl halides is 3. The van der Waals surface area contributed by atoms with E-state index >= 15 is 0 Å². The summed E-state index contributed by atoms with van der Waals surface area (Å²) in [5, 5.41) is 5.37. The minimum absolute atomic E-state index is 0.00289. The molecule has 1 amide bonds. The van der Waals surface area contributed by atoms with E-state index in [0.29, 0.717) is 34.0 Å². The molecule has 0 saturated carbocycles. The molecule has 0 bridgehead atoms. The smallest absolute Gasteiger partial charge is 0.287 e. The number of carbonyl (C=O) groups is 1. The molecule has 0 radical (unpaired) electrons. The predicted molar refractivity (Wildman–Crippen MR) is 111 cm³/mol. The average molecular weight is 461 g/mol. The number of carbonyl (C=O) groups excluding carboxylic acids is 1. The van der Waals surface area contributed by atoms with E-state index in [4.69, 9.17) is 14.0 Å². The van der Waals surface area contributed by atoms with Crippen LogP contribution in [0.2, 0.25) is 0 Å².